The average molecular weight is 339 g/mol. The molecule has 22 heavy (non-hydrogen) atoms. The summed E-state index contributed by atoms with van der Waals surface area (Å²) >= 11 is 3.30. The fourth-order valence-corrected chi connectivity index (χ4v) is 4.48. The summed E-state index contributed by atoms with van der Waals surface area (Å²) in [5, 5.41) is 4.37. The number of amides is 1. The monoisotopic (exact) mass is 339 g/mol. The molecule has 1 saturated heterocycles. The molecule has 1 aromatic heterocycles. The Morgan fingerprint density at radius 2 is 2.18 bits per heavy atom. The Morgan fingerprint density at radius 1 is 1.36 bits per heavy atom. The van der Waals surface area contributed by atoms with Crippen molar-refractivity contribution in [3.63, 3.8) is 0 Å². The molecule has 6 heteroatoms. The molecule has 1 fully saturated rings. The van der Waals surface area contributed by atoms with Gasteiger partial charge in [-0.2, -0.15) is 11.8 Å². The highest BCUT2D eigenvalue weighted by Gasteiger charge is 2.14. The van der Waals surface area contributed by atoms with E-state index in [0.29, 0.717) is 16.7 Å². The van der Waals surface area contributed by atoms with Gasteiger partial charge in [0.25, 0.3) is 5.91 Å². The highest BCUT2D eigenvalue weighted by atomic mass is 32.2. The van der Waals surface area contributed by atoms with E-state index in [1.165, 1.54) is 23.5 Å². The fourth-order valence-electron chi connectivity index (χ4n) is 2.45. The maximum absolute atomic E-state index is 13.2. The van der Waals surface area contributed by atoms with Crippen LogP contribution >= 0.6 is 23.1 Å². The van der Waals surface area contributed by atoms with Crippen molar-refractivity contribution in [3.8, 4) is 0 Å². The van der Waals surface area contributed by atoms with E-state index in [4.69, 9.17) is 4.74 Å². The van der Waals surface area contributed by atoms with E-state index in [1.807, 2.05) is 11.8 Å². The molecule has 3 rings (SSSR count). The van der Waals surface area contributed by atoms with E-state index in [9.17, 15) is 9.18 Å². The molecule has 0 aliphatic carbocycles. The summed E-state index contributed by atoms with van der Waals surface area (Å²) in [6.07, 6.45) is 2.20. The Labute approximate surface area is 137 Å². The van der Waals surface area contributed by atoms with Crippen LogP contribution in [0.15, 0.2) is 24.3 Å². The number of nitrogens with one attached hydrogen (secondary N) is 1. The Bertz CT molecular complexity index is 653. The van der Waals surface area contributed by atoms with Gasteiger partial charge in [-0.15, -0.1) is 11.3 Å². The number of hydrogen-bond acceptors (Lipinski definition) is 4. The second-order valence-electron chi connectivity index (χ2n) is 5.23. The molecule has 0 bridgehead atoms. The highest BCUT2D eigenvalue weighted by Crippen LogP contribution is 2.26. The summed E-state index contributed by atoms with van der Waals surface area (Å²) in [4.78, 5) is 12.8. The smallest absolute Gasteiger partial charge is 0.261 e. The maximum Gasteiger partial charge on any atom is 0.261 e. The second-order valence-corrected chi connectivity index (χ2v) is 7.72. The van der Waals surface area contributed by atoms with Crippen molar-refractivity contribution < 1.29 is 13.9 Å². The molecule has 2 heterocycles. The van der Waals surface area contributed by atoms with Crippen LogP contribution < -0.4 is 5.32 Å². The van der Waals surface area contributed by atoms with Gasteiger partial charge in [0.05, 0.1) is 4.88 Å². The van der Waals surface area contributed by atoms with E-state index in [1.54, 1.807) is 12.1 Å². The van der Waals surface area contributed by atoms with Crippen LogP contribution in [0.1, 0.15) is 22.5 Å². The minimum atomic E-state index is -0.273. The molecule has 3 nitrogen and oxygen atoms in total. The molecule has 0 radical (unpaired) electrons. The normalized spacial score (nSPS) is 16.0. The van der Waals surface area contributed by atoms with Gasteiger partial charge in [0.15, 0.2) is 0 Å². The maximum atomic E-state index is 13.2. The largest absolute Gasteiger partial charge is 0.381 e. The van der Waals surface area contributed by atoms with Gasteiger partial charge in [-0.1, -0.05) is 0 Å². The standard InChI is InChI=1S/C16H18FNO2S2/c17-12-1-2-14-11(9-12)10-15(22-14)16(19)18-5-8-21-13-3-6-20-7-4-13/h1-2,9-10,13H,3-8H2,(H,18,19). The first kappa shape index (κ1) is 15.8. The third kappa shape index (κ3) is 4.00. The fraction of sp³-hybridized carbons (Fsp3) is 0.438. The van der Waals surface area contributed by atoms with Crippen molar-refractivity contribution in [2.24, 2.45) is 0 Å². The van der Waals surface area contributed by atoms with Crippen molar-refractivity contribution in [3.05, 3.63) is 35.0 Å². The van der Waals surface area contributed by atoms with Crippen LogP contribution in [0.5, 0.6) is 0 Å². The van der Waals surface area contributed by atoms with Crippen LogP contribution in [-0.2, 0) is 4.74 Å². The van der Waals surface area contributed by atoms with Crippen LogP contribution in [0.25, 0.3) is 10.1 Å². The van der Waals surface area contributed by atoms with Gasteiger partial charge in [-0.25, -0.2) is 4.39 Å². The number of carbonyl (C=O) groups is 1. The molecule has 1 amide bonds. The molecule has 0 atom stereocenters. The quantitative estimate of drug-likeness (QED) is 0.845. The van der Waals surface area contributed by atoms with E-state index in [2.05, 4.69) is 5.32 Å². The van der Waals surface area contributed by atoms with Crippen molar-refractivity contribution in [1.29, 1.82) is 0 Å². The van der Waals surface area contributed by atoms with E-state index < -0.39 is 0 Å². The molecular formula is C16H18FNO2S2. The number of ether oxygens (including phenoxy) is 1. The lowest BCUT2D eigenvalue weighted by atomic mass is 10.2. The summed E-state index contributed by atoms with van der Waals surface area (Å²) in [5.41, 5.74) is 0. The average Bonchev–Trinajstić information content (AvgIpc) is 2.95. The number of thioether (sulfide) groups is 1. The van der Waals surface area contributed by atoms with Gasteiger partial charge < -0.3 is 10.1 Å². The third-order valence-corrected chi connectivity index (χ3v) is 6.11. The molecule has 1 aromatic carbocycles. The number of rotatable bonds is 5. The van der Waals surface area contributed by atoms with Crippen LogP contribution in [0, 0.1) is 5.82 Å². The number of fused-ring (bicyclic) bond motifs is 1. The minimum Gasteiger partial charge on any atom is -0.381 e. The molecule has 0 unspecified atom stereocenters. The molecule has 1 N–H and O–H groups in total. The van der Waals surface area contributed by atoms with Crippen molar-refractivity contribution in [2.75, 3.05) is 25.5 Å². The lowest BCUT2D eigenvalue weighted by Gasteiger charge is -2.21. The summed E-state index contributed by atoms with van der Waals surface area (Å²) in [5.74, 6) is 0.565. The Morgan fingerprint density at radius 3 is 3.00 bits per heavy atom. The lowest BCUT2D eigenvalue weighted by Crippen LogP contribution is -2.26. The topological polar surface area (TPSA) is 38.3 Å². The molecule has 1 aliphatic heterocycles. The molecule has 0 spiro atoms. The predicted molar refractivity (Wildman–Crippen MR) is 90.4 cm³/mol. The Hall–Kier alpha value is -1.11. The number of carbonyl (C=O) groups excluding carboxylic acids is 1. The molecular weight excluding hydrogens is 321 g/mol. The zero-order valence-corrected chi connectivity index (χ0v) is 13.8. The van der Waals surface area contributed by atoms with Crippen molar-refractivity contribution in [2.45, 2.75) is 18.1 Å². The van der Waals surface area contributed by atoms with Crippen LogP contribution in [0.4, 0.5) is 4.39 Å². The van der Waals surface area contributed by atoms with Gasteiger partial charge >= 0.3 is 0 Å². The van der Waals surface area contributed by atoms with E-state index in [-0.39, 0.29) is 11.7 Å². The zero-order valence-electron chi connectivity index (χ0n) is 12.1. The highest BCUT2D eigenvalue weighted by molar-refractivity contribution is 7.99. The summed E-state index contributed by atoms with van der Waals surface area (Å²) in [6.45, 7) is 2.36. The number of halogens is 1. The summed E-state index contributed by atoms with van der Waals surface area (Å²) < 4.78 is 19.4. The SMILES string of the molecule is O=C(NCCSC1CCOCC1)c1cc2cc(F)ccc2s1. The van der Waals surface area contributed by atoms with E-state index in [0.717, 1.165) is 41.9 Å². The van der Waals surface area contributed by atoms with E-state index >= 15 is 0 Å². The van der Waals surface area contributed by atoms with Gasteiger partial charge in [-0.05, 0) is 42.5 Å². The molecule has 1 aliphatic rings. The van der Waals surface area contributed by atoms with Gasteiger partial charge in [0.1, 0.15) is 5.82 Å². The third-order valence-electron chi connectivity index (χ3n) is 3.61. The van der Waals surface area contributed by atoms with Crippen LogP contribution in [0.2, 0.25) is 0 Å². The minimum absolute atomic E-state index is 0.0748. The summed E-state index contributed by atoms with van der Waals surface area (Å²) in [7, 11) is 0. The Balaban J connectivity index is 1.48. The van der Waals surface area contributed by atoms with Gasteiger partial charge in [0.2, 0.25) is 0 Å². The van der Waals surface area contributed by atoms with Crippen molar-refractivity contribution in [1.82, 2.24) is 5.32 Å². The Kier molecular flexibility index (Phi) is 5.33. The molecule has 118 valence electrons. The lowest BCUT2D eigenvalue weighted by molar-refractivity contribution is 0.0959. The summed E-state index contributed by atoms with van der Waals surface area (Å²) in [6, 6.07) is 6.35. The predicted octanol–water partition coefficient (Wildman–Crippen LogP) is 3.68. The zero-order chi connectivity index (χ0) is 15.4. The first-order chi connectivity index (χ1) is 10.7. The number of benzene rings is 1. The number of hydrogen-bond donors (Lipinski definition) is 1. The first-order valence-corrected chi connectivity index (χ1v) is 9.25. The van der Waals surface area contributed by atoms with Crippen LogP contribution in [0.3, 0.4) is 0 Å². The molecule has 0 saturated carbocycles. The van der Waals surface area contributed by atoms with Gasteiger partial charge in [-0.3, -0.25) is 4.79 Å². The van der Waals surface area contributed by atoms with Crippen molar-refractivity contribution >= 4 is 39.1 Å². The second kappa shape index (κ2) is 7.44. The number of thiophene rings is 1. The molecule has 2 aromatic rings. The van der Waals surface area contributed by atoms with Crippen LogP contribution in [-0.4, -0.2) is 36.7 Å². The first-order valence-electron chi connectivity index (χ1n) is 7.39. The van der Waals surface area contributed by atoms with Gasteiger partial charge in [0, 0.05) is 35.5 Å².